The number of hydrogen-bond acceptors (Lipinski definition) is 6. The molecule has 2 heterocycles. The lowest BCUT2D eigenvalue weighted by Crippen LogP contribution is -2.55. The van der Waals surface area contributed by atoms with E-state index < -0.39 is 35.9 Å². The Morgan fingerprint density at radius 3 is 1.97 bits per heavy atom. The van der Waals surface area contributed by atoms with Crippen molar-refractivity contribution in [3.63, 3.8) is 0 Å². The van der Waals surface area contributed by atoms with Gasteiger partial charge in [0.1, 0.15) is 12.1 Å². The molecule has 2 rings (SSSR count). The van der Waals surface area contributed by atoms with Gasteiger partial charge in [-0.3, -0.25) is 9.59 Å². The second-order valence-corrected chi connectivity index (χ2v) is 7.26. The fourth-order valence-corrected chi connectivity index (χ4v) is 2.81. The van der Waals surface area contributed by atoms with Crippen LogP contribution in [0.15, 0.2) is 25.0 Å². The predicted octanol–water partition coefficient (Wildman–Crippen LogP) is -0.654. The van der Waals surface area contributed by atoms with Gasteiger partial charge in [0.05, 0.1) is 18.7 Å². The third kappa shape index (κ3) is 7.03. The summed E-state index contributed by atoms with van der Waals surface area (Å²) in [7, 11) is 0. The van der Waals surface area contributed by atoms with Crippen LogP contribution < -0.4 is 16.4 Å². The van der Waals surface area contributed by atoms with E-state index in [1.807, 2.05) is 13.8 Å². The fraction of sp³-hybridized carbons (Fsp3) is 0.500. The first-order valence-electron chi connectivity index (χ1n) is 9.29. The van der Waals surface area contributed by atoms with Crippen LogP contribution in [-0.2, 0) is 27.2 Å². The molecule has 0 bridgehead atoms. The van der Waals surface area contributed by atoms with Crippen LogP contribution in [0.2, 0.25) is 0 Å². The first-order valence-corrected chi connectivity index (χ1v) is 9.29. The second kappa shape index (κ2) is 10.4. The Morgan fingerprint density at radius 2 is 1.52 bits per heavy atom. The highest BCUT2D eigenvalue weighted by Crippen LogP contribution is 2.06. The Labute approximate surface area is 167 Å². The molecule has 0 saturated carbocycles. The first-order chi connectivity index (χ1) is 13.8. The number of imidazole rings is 2. The van der Waals surface area contributed by atoms with Gasteiger partial charge in [0, 0.05) is 36.6 Å². The normalized spacial score (nSPS) is 14.2. The number of aromatic amines is 2. The maximum Gasteiger partial charge on any atom is 0.326 e. The van der Waals surface area contributed by atoms with E-state index in [2.05, 4.69) is 30.6 Å². The zero-order chi connectivity index (χ0) is 21.4. The number of nitrogens with two attached hydrogens (primary N) is 1. The molecule has 11 nitrogen and oxygen atoms in total. The van der Waals surface area contributed by atoms with Crippen LogP contribution in [0.4, 0.5) is 0 Å². The summed E-state index contributed by atoms with van der Waals surface area (Å²) in [6.45, 7) is 3.88. The number of aromatic nitrogens is 4. The number of nitrogens with one attached hydrogen (secondary N) is 4. The van der Waals surface area contributed by atoms with E-state index in [9.17, 15) is 19.5 Å². The predicted molar refractivity (Wildman–Crippen MR) is 104 cm³/mol. The summed E-state index contributed by atoms with van der Waals surface area (Å²) in [6.07, 6.45) is 6.49. The van der Waals surface area contributed by atoms with Gasteiger partial charge in [-0.05, 0) is 12.3 Å². The van der Waals surface area contributed by atoms with E-state index >= 15 is 0 Å². The lowest BCUT2D eigenvalue weighted by Gasteiger charge is -2.23. The molecule has 0 saturated heterocycles. The van der Waals surface area contributed by atoms with E-state index in [0.29, 0.717) is 17.8 Å². The van der Waals surface area contributed by atoms with Crippen molar-refractivity contribution in [3.8, 4) is 0 Å². The van der Waals surface area contributed by atoms with Gasteiger partial charge in [-0.15, -0.1) is 0 Å². The number of aliphatic carboxylic acids is 1. The minimum atomic E-state index is -1.20. The SMILES string of the molecule is CC(C)CC(N)C(=O)NC(Cc1cnc[nH]1)C(=O)NC(Cc1cnc[nH]1)C(=O)O. The summed E-state index contributed by atoms with van der Waals surface area (Å²) in [6, 6.07) is -2.97. The van der Waals surface area contributed by atoms with E-state index in [4.69, 9.17) is 5.73 Å². The van der Waals surface area contributed by atoms with Crippen molar-refractivity contribution in [1.29, 1.82) is 0 Å². The molecule has 158 valence electrons. The number of amides is 2. The summed E-state index contributed by atoms with van der Waals surface area (Å²) in [5.41, 5.74) is 7.09. The highest BCUT2D eigenvalue weighted by Gasteiger charge is 2.29. The fourth-order valence-electron chi connectivity index (χ4n) is 2.81. The summed E-state index contributed by atoms with van der Waals surface area (Å²) in [5, 5.41) is 14.6. The van der Waals surface area contributed by atoms with Crippen LogP contribution in [0.25, 0.3) is 0 Å². The van der Waals surface area contributed by atoms with E-state index in [1.54, 1.807) is 0 Å². The topological polar surface area (TPSA) is 179 Å². The number of hydrogen-bond donors (Lipinski definition) is 6. The van der Waals surface area contributed by atoms with Crippen molar-refractivity contribution in [2.75, 3.05) is 0 Å². The molecule has 0 aliphatic heterocycles. The molecule has 0 spiro atoms. The van der Waals surface area contributed by atoms with Crippen molar-refractivity contribution in [2.45, 2.75) is 51.2 Å². The van der Waals surface area contributed by atoms with Gasteiger partial charge in [-0.25, -0.2) is 14.8 Å². The maximum absolute atomic E-state index is 12.8. The summed E-state index contributed by atoms with van der Waals surface area (Å²) in [4.78, 5) is 50.2. The van der Waals surface area contributed by atoms with Crippen LogP contribution >= 0.6 is 0 Å². The monoisotopic (exact) mass is 405 g/mol. The third-order valence-corrected chi connectivity index (χ3v) is 4.27. The van der Waals surface area contributed by atoms with Crippen LogP contribution in [0, 0.1) is 5.92 Å². The van der Waals surface area contributed by atoms with Gasteiger partial charge in [0.25, 0.3) is 0 Å². The van der Waals surface area contributed by atoms with Gasteiger partial charge in [0.15, 0.2) is 0 Å². The third-order valence-electron chi connectivity index (χ3n) is 4.27. The molecule has 29 heavy (non-hydrogen) atoms. The van der Waals surface area contributed by atoms with Gasteiger partial charge in [-0.1, -0.05) is 13.8 Å². The van der Waals surface area contributed by atoms with Crippen LogP contribution in [0.5, 0.6) is 0 Å². The molecule has 0 aliphatic carbocycles. The Bertz CT molecular complexity index is 789. The lowest BCUT2D eigenvalue weighted by molar-refractivity contribution is -0.142. The minimum absolute atomic E-state index is 0.0264. The highest BCUT2D eigenvalue weighted by molar-refractivity contribution is 5.92. The smallest absolute Gasteiger partial charge is 0.326 e. The first kappa shape index (κ1) is 22.1. The van der Waals surface area contributed by atoms with E-state index in [0.717, 1.165) is 0 Å². The van der Waals surface area contributed by atoms with Crippen molar-refractivity contribution in [2.24, 2.45) is 11.7 Å². The van der Waals surface area contributed by atoms with Gasteiger partial charge < -0.3 is 31.4 Å². The zero-order valence-electron chi connectivity index (χ0n) is 16.4. The Kier molecular flexibility index (Phi) is 7.89. The molecule has 0 aromatic carbocycles. The molecule has 0 aliphatic rings. The molecule has 2 aromatic rings. The number of rotatable bonds is 11. The summed E-state index contributed by atoms with van der Waals surface area (Å²) < 4.78 is 0. The molecular formula is C18H27N7O4. The van der Waals surface area contributed by atoms with Crippen molar-refractivity contribution < 1.29 is 19.5 Å². The molecule has 2 amide bonds. The summed E-state index contributed by atoms with van der Waals surface area (Å²) >= 11 is 0. The van der Waals surface area contributed by atoms with Crippen LogP contribution in [-0.4, -0.2) is 61.0 Å². The van der Waals surface area contributed by atoms with Crippen LogP contribution in [0.3, 0.4) is 0 Å². The number of carbonyl (C=O) groups excluding carboxylic acids is 2. The molecule has 3 unspecified atom stereocenters. The molecule has 0 fully saturated rings. The number of H-pyrrole nitrogens is 2. The highest BCUT2D eigenvalue weighted by atomic mass is 16.4. The average Bonchev–Trinajstić information content (AvgIpc) is 3.33. The quantitative estimate of drug-likeness (QED) is 0.287. The van der Waals surface area contributed by atoms with Crippen molar-refractivity contribution in [3.05, 3.63) is 36.4 Å². The lowest BCUT2D eigenvalue weighted by atomic mass is 10.0. The standard InChI is InChI=1S/C18H27N7O4/c1-10(2)3-13(19)16(26)24-14(4-11-6-20-8-22-11)17(27)25-15(18(28)29)5-12-7-21-9-23-12/h6-10,13-15H,3-5,19H2,1-2H3,(H,20,22)(H,21,23)(H,24,26)(H,25,27)(H,28,29). The van der Waals surface area contributed by atoms with E-state index in [1.165, 1.54) is 25.0 Å². The van der Waals surface area contributed by atoms with Gasteiger partial charge in [-0.2, -0.15) is 0 Å². The Hall–Kier alpha value is -3.21. The molecule has 11 heteroatoms. The molecule has 3 atom stereocenters. The molecule has 0 radical (unpaired) electrons. The molecular weight excluding hydrogens is 378 g/mol. The van der Waals surface area contributed by atoms with E-state index in [-0.39, 0.29) is 18.8 Å². The number of nitrogens with zero attached hydrogens (tertiary/aromatic N) is 2. The largest absolute Gasteiger partial charge is 0.480 e. The number of carboxylic acids is 1. The van der Waals surface area contributed by atoms with Crippen LogP contribution in [0.1, 0.15) is 31.7 Å². The second-order valence-electron chi connectivity index (χ2n) is 7.26. The minimum Gasteiger partial charge on any atom is -0.480 e. The zero-order valence-corrected chi connectivity index (χ0v) is 16.4. The van der Waals surface area contributed by atoms with Crippen molar-refractivity contribution >= 4 is 17.8 Å². The van der Waals surface area contributed by atoms with Gasteiger partial charge >= 0.3 is 5.97 Å². The average molecular weight is 405 g/mol. The Morgan fingerprint density at radius 1 is 1.00 bits per heavy atom. The van der Waals surface area contributed by atoms with Crippen molar-refractivity contribution in [1.82, 2.24) is 30.6 Å². The summed E-state index contributed by atoms with van der Waals surface area (Å²) in [5.74, 6) is -2.09. The molecule has 2 aromatic heterocycles. The number of carboxylic acid groups (broad SMARTS) is 1. The number of carbonyl (C=O) groups is 3. The van der Waals surface area contributed by atoms with Gasteiger partial charge in [0.2, 0.25) is 11.8 Å². The maximum atomic E-state index is 12.8. The molecule has 7 N–H and O–H groups in total. The Balaban J connectivity index is 2.09.